The fraction of sp³-hybridized carbons (Fsp3) is 0.417. The Bertz CT molecular complexity index is 632. The van der Waals surface area contributed by atoms with Crippen molar-refractivity contribution in [3.05, 3.63) is 12.3 Å². The molecule has 0 saturated heterocycles. The Morgan fingerprint density at radius 2 is 2.05 bits per heavy atom. The lowest BCUT2D eigenvalue weighted by atomic mass is 9.98. The van der Waals surface area contributed by atoms with E-state index in [9.17, 15) is 4.79 Å². The van der Waals surface area contributed by atoms with Crippen LogP contribution < -0.4 is 11.3 Å². The molecule has 0 bridgehead atoms. The molecule has 0 aliphatic heterocycles. The third-order valence-electron chi connectivity index (χ3n) is 2.87. The Morgan fingerprint density at radius 3 is 2.68 bits per heavy atom. The molecule has 0 aromatic carbocycles. The maximum Gasteiger partial charge on any atom is 0.312 e. The number of ether oxygens (including phenoxy) is 1. The summed E-state index contributed by atoms with van der Waals surface area (Å²) in [4.78, 5) is 20.5. The third kappa shape index (κ3) is 2.80. The molecule has 0 aliphatic carbocycles. The van der Waals surface area contributed by atoms with Crippen LogP contribution >= 0.6 is 0 Å². The number of carbonyl (C=O) groups excluding carboxylic acids is 1. The summed E-state index contributed by atoms with van der Waals surface area (Å²) in [6.07, 6.45) is 1.86. The summed E-state index contributed by atoms with van der Waals surface area (Å²) in [6.45, 7) is 5.67. The summed E-state index contributed by atoms with van der Waals surface area (Å²) >= 11 is 0. The first-order valence-corrected chi connectivity index (χ1v) is 6.26. The third-order valence-corrected chi connectivity index (χ3v) is 2.87. The molecule has 0 atom stereocenters. The smallest absolute Gasteiger partial charge is 0.312 e. The lowest BCUT2D eigenvalue weighted by Crippen LogP contribution is -2.26. The molecular weight excluding hydrogens is 240 g/mol. The zero-order valence-corrected chi connectivity index (χ0v) is 12.0. The highest BCUT2D eigenvalue weighted by atomic mass is 16.5. The van der Waals surface area contributed by atoms with Crippen LogP contribution in [0.2, 0.25) is 0 Å². The van der Waals surface area contributed by atoms with Crippen LogP contribution in [0.3, 0.4) is 0 Å². The Labute approximate surface area is 114 Å². The molecule has 0 amide bonds. The lowest BCUT2D eigenvalue weighted by molar-refractivity contribution is -0.156. The van der Waals surface area contributed by atoms with Gasteiger partial charge in [-0.05, 0) is 26.8 Å². The summed E-state index contributed by atoms with van der Waals surface area (Å²) in [5.41, 5.74) is 1.95. The predicted molar refractivity (Wildman–Crippen MR) is 79.4 cm³/mol. The highest BCUT2D eigenvalue weighted by Gasteiger charge is 2.23. The van der Waals surface area contributed by atoms with Crippen molar-refractivity contribution >= 4 is 44.0 Å². The van der Waals surface area contributed by atoms with Gasteiger partial charge in [-0.2, -0.15) is 0 Å². The highest BCUT2D eigenvalue weighted by Crippen LogP contribution is 2.16. The summed E-state index contributed by atoms with van der Waals surface area (Å²) in [7, 11) is 3.80. The quantitative estimate of drug-likeness (QED) is 0.485. The van der Waals surface area contributed by atoms with E-state index >= 15 is 0 Å². The van der Waals surface area contributed by atoms with E-state index in [1.165, 1.54) is 0 Å². The van der Waals surface area contributed by atoms with Gasteiger partial charge in [0.15, 0.2) is 22.4 Å². The van der Waals surface area contributed by atoms with Gasteiger partial charge in [0.25, 0.3) is 0 Å². The summed E-state index contributed by atoms with van der Waals surface area (Å²) in [6, 6.07) is 1.94. The van der Waals surface area contributed by atoms with Gasteiger partial charge in [-0.3, -0.25) is 14.3 Å². The molecule has 7 heteroatoms. The minimum atomic E-state index is -0.496. The average Bonchev–Trinajstić information content (AvgIpc) is 2.67. The number of hydrogen-bond acceptors (Lipinski definition) is 4. The molecule has 0 fully saturated rings. The van der Waals surface area contributed by atoms with Gasteiger partial charge in [-0.15, -0.1) is 0 Å². The first-order chi connectivity index (χ1) is 8.79. The van der Waals surface area contributed by atoms with Crippen molar-refractivity contribution in [3.8, 4) is 0 Å². The van der Waals surface area contributed by atoms with E-state index in [0.717, 1.165) is 16.6 Å². The van der Waals surface area contributed by atoms with Gasteiger partial charge in [0.1, 0.15) is 5.65 Å². The molecule has 0 N–H and O–H groups in total. The van der Waals surface area contributed by atoms with E-state index in [0.29, 0.717) is 5.72 Å². The van der Waals surface area contributed by atoms with Crippen molar-refractivity contribution in [2.45, 2.75) is 27.5 Å². The van der Waals surface area contributed by atoms with Crippen molar-refractivity contribution in [1.82, 2.24) is 14.5 Å². The minimum absolute atomic E-state index is 0.176. The van der Waals surface area contributed by atoms with E-state index in [1.807, 2.05) is 53.3 Å². The van der Waals surface area contributed by atoms with Gasteiger partial charge in [0, 0.05) is 17.2 Å². The van der Waals surface area contributed by atoms with E-state index in [2.05, 4.69) is 9.97 Å². The molecule has 0 saturated carbocycles. The van der Waals surface area contributed by atoms with Crippen LogP contribution in [-0.2, 0) is 16.3 Å². The molecule has 19 heavy (non-hydrogen) atoms. The normalized spacial score (nSPS) is 11.7. The molecule has 0 radical (unpaired) electrons. The number of nitrogens with zero attached hydrogens (tertiary/aromatic N) is 3. The van der Waals surface area contributed by atoms with E-state index in [4.69, 9.17) is 4.74 Å². The van der Waals surface area contributed by atoms with Gasteiger partial charge < -0.3 is 4.74 Å². The topological polar surface area (TPSA) is 57.0 Å². The summed E-state index contributed by atoms with van der Waals surface area (Å²) in [5.74, 6) is -0.225. The van der Waals surface area contributed by atoms with Gasteiger partial charge in [0.2, 0.25) is 0 Å². The zero-order chi connectivity index (χ0) is 14.2. The standard InChI is InChI=1S/C12H17B2N3O2/c1-12(2,3)10(18)19-6-17-5-4-7-8(13)15-11(14)16-9(7)17/h4-5H,6,13-14H2,1-3H3. The van der Waals surface area contributed by atoms with Crippen molar-refractivity contribution < 1.29 is 9.53 Å². The molecule has 2 rings (SSSR count). The second-order valence-electron chi connectivity index (χ2n) is 5.69. The minimum Gasteiger partial charge on any atom is -0.443 e. The molecule has 2 aromatic rings. The molecule has 0 aliphatic rings. The first-order valence-electron chi connectivity index (χ1n) is 6.26. The maximum absolute atomic E-state index is 11.8. The lowest BCUT2D eigenvalue weighted by Gasteiger charge is -2.17. The van der Waals surface area contributed by atoms with Crippen molar-refractivity contribution in [2.24, 2.45) is 5.41 Å². The van der Waals surface area contributed by atoms with Crippen LogP contribution in [0.4, 0.5) is 0 Å². The molecule has 0 unspecified atom stereocenters. The van der Waals surface area contributed by atoms with Gasteiger partial charge in [-0.1, -0.05) is 0 Å². The second kappa shape index (κ2) is 4.72. The number of carbonyl (C=O) groups is 1. The van der Waals surface area contributed by atoms with E-state index < -0.39 is 5.41 Å². The fourth-order valence-corrected chi connectivity index (χ4v) is 1.80. The summed E-state index contributed by atoms with van der Waals surface area (Å²) in [5, 5.41) is 0.984. The van der Waals surface area contributed by atoms with Crippen LogP contribution in [0.15, 0.2) is 12.3 Å². The SMILES string of the molecule is Bc1nc(B)c2ccn(COC(=O)C(C)(C)C)c2n1. The molecule has 2 heterocycles. The monoisotopic (exact) mass is 257 g/mol. The van der Waals surface area contributed by atoms with Gasteiger partial charge >= 0.3 is 5.97 Å². The zero-order valence-electron chi connectivity index (χ0n) is 12.0. The molecule has 0 spiro atoms. The van der Waals surface area contributed by atoms with Crippen molar-refractivity contribution in [2.75, 3.05) is 0 Å². The summed E-state index contributed by atoms with van der Waals surface area (Å²) < 4.78 is 7.12. The Kier molecular flexibility index (Phi) is 3.39. The van der Waals surface area contributed by atoms with Crippen LogP contribution in [0.25, 0.3) is 11.0 Å². The number of rotatable bonds is 2. The average molecular weight is 257 g/mol. The molecular formula is C12H17B2N3O2. The largest absolute Gasteiger partial charge is 0.443 e. The maximum atomic E-state index is 11.8. The van der Waals surface area contributed by atoms with Crippen LogP contribution in [0.1, 0.15) is 20.8 Å². The molecule has 2 aromatic heterocycles. The van der Waals surface area contributed by atoms with Crippen LogP contribution in [0.5, 0.6) is 0 Å². The number of esters is 1. The molecule has 5 nitrogen and oxygen atoms in total. The van der Waals surface area contributed by atoms with Crippen molar-refractivity contribution in [3.63, 3.8) is 0 Å². The van der Waals surface area contributed by atoms with Crippen molar-refractivity contribution in [1.29, 1.82) is 0 Å². The second-order valence-corrected chi connectivity index (χ2v) is 5.69. The van der Waals surface area contributed by atoms with Gasteiger partial charge in [-0.25, -0.2) is 4.98 Å². The van der Waals surface area contributed by atoms with E-state index in [-0.39, 0.29) is 12.7 Å². The number of fused-ring (bicyclic) bond motifs is 1. The first kappa shape index (κ1) is 13.6. The fourth-order valence-electron chi connectivity index (χ4n) is 1.80. The highest BCUT2D eigenvalue weighted by molar-refractivity contribution is 6.38. The Hall–Kier alpha value is -1.78. The van der Waals surface area contributed by atoms with Crippen LogP contribution in [-0.4, -0.2) is 36.2 Å². The predicted octanol–water partition coefficient (Wildman–Crippen LogP) is -1.51. The number of hydrogen-bond donors (Lipinski definition) is 0. The Balaban J connectivity index is 2.25. The Morgan fingerprint density at radius 1 is 1.37 bits per heavy atom. The van der Waals surface area contributed by atoms with Gasteiger partial charge in [0.05, 0.1) is 11.1 Å². The number of aromatic nitrogens is 3. The van der Waals surface area contributed by atoms with E-state index in [1.54, 1.807) is 0 Å². The molecule has 98 valence electrons. The van der Waals surface area contributed by atoms with Crippen LogP contribution in [0, 0.1) is 5.41 Å².